The van der Waals surface area contributed by atoms with E-state index in [9.17, 15) is 5.26 Å². The molecule has 142 valence electrons. The van der Waals surface area contributed by atoms with Crippen LogP contribution >= 0.6 is 38.9 Å². The Bertz CT molecular complexity index is 1280. The number of methoxy groups -OCH3 is 1. The van der Waals surface area contributed by atoms with Gasteiger partial charge in [0.1, 0.15) is 22.0 Å². The Morgan fingerprint density at radius 2 is 1.97 bits per heavy atom. The Hall–Kier alpha value is -2.72. The maximum Gasteiger partial charge on any atom is 0.137 e. The van der Waals surface area contributed by atoms with Crippen molar-refractivity contribution in [1.29, 1.82) is 5.26 Å². The molecule has 0 amide bonds. The average Bonchev–Trinajstić information content (AvgIpc) is 3.22. The van der Waals surface area contributed by atoms with E-state index in [2.05, 4.69) is 32.0 Å². The number of pyridine rings is 1. The van der Waals surface area contributed by atoms with Crippen molar-refractivity contribution in [3.8, 4) is 23.1 Å². The number of benzene rings is 2. The fraction of sp³-hybridized carbons (Fsp3) is 0.0455. The Kier molecular flexibility index (Phi) is 5.63. The van der Waals surface area contributed by atoms with E-state index in [1.807, 2.05) is 53.9 Å². The third-order valence-corrected chi connectivity index (χ3v) is 6.01. The van der Waals surface area contributed by atoms with Gasteiger partial charge in [-0.15, -0.1) is 11.3 Å². The van der Waals surface area contributed by atoms with Crippen LogP contribution in [-0.2, 0) is 0 Å². The normalized spacial score (nSPS) is 11.4. The molecular formula is C22H13BrClN3OS. The molecule has 0 saturated carbocycles. The van der Waals surface area contributed by atoms with Crippen LogP contribution in [0.4, 0.5) is 0 Å². The molecule has 2 heterocycles. The lowest BCUT2D eigenvalue weighted by atomic mass is 10.1. The highest BCUT2D eigenvalue weighted by Gasteiger charge is 2.11. The predicted molar refractivity (Wildman–Crippen MR) is 122 cm³/mol. The molecule has 0 unspecified atom stereocenters. The lowest BCUT2D eigenvalue weighted by molar-refractivity contribution is 0.415. The predicted octanol–water partition coefficient (Wildman–Crippen LogP) is 6.85. The smallest absolute Gasteiger partial charge is 0.137 e. The van der Waals surface area contributed by atoms with Gasteiger partial charge >= 0.3 is 0 Å². The number of nitrogens with zero attached hydrogens (tertiary/aromatic N) is 3. The van der Waals surface area contributed by atoms with Crippen molar-refractivity contribution in [2.24, 2.45) is 0 Å². The molecule has 0 saturated heterocycles. The number of nitriles is 1. The molecule has 4 aromatic rings. The second-order valence-electron chi connectivity index (χ2n) is 6.14. The molecule has 4 nitrogen and oxygen atoms in total. The molecule has 0 radical (unpaired) electrons. The summed E-state index contributed by atoms with van der Waals surface area (Å²) in [6.45, 7) is 0. The fourth-order valence-electron chi connectivity index (χ4n) is 2.82. The van der Waals surface area contributed by atoms with Crippen molar-refractivity contribution in [2.75, 3.05) is 7.11 Å². The van der Waals surface area contributed by atoms with Crippen LogP contribution in [0.5, 0.6) is 5.75 Å². The molecule has 0 bridgehead atoms. The van der Waals surface area contributed by atoms with Crippen LogP contribution < -0.4 is 4.74 Å². The number of fused-ring (bicyclic) bond motifs is 1. The van der Waals surface area contributed by atoms with Crippen LogP contribution in [0, 0.1) is 11.3 Å². The maximum absolute atomic E-state index is 9.69. The van der Waals surface area contributed by atoms with Gasteiger partial charge < -0.3 is 4.74 Å². The molecule has 2 aromatic carbocycles. The van der Waals surface area contributed by atoms with E-state index in [-0.39, 0.29) is 0 Å². The summed E-state index contributed by atoms with van der Waals surface area (Å²) in [7, 11) is 1.61. The summed E-state index contributed by atoms with van der Waals surface area (Å²) < 4.78 is 6.23. The number of aromatic nitrogens is 2. The van der Waals surface area contributed by atoms with Crippen molar-refractivity contribution >= 4 is 61.4 Å². The SMILES string of the molecule is COc1ccc2cc(C=C(C#N)c3nc(-c4ccc(Br)cc4)cs3)c(Cl)nc2c1. The third-order valence-electron chi connectivity index (χ3n) is 4.30. The van der Waals surface area contributed by atoms with Crippen LogP contribution in [0.15, 0.2) is 58.4 Å². The summed E-state index contributed by atoms with van der Waals surface area (Å²) in [6, 6.07) is 17.6. The summed E-state index contributed by atoms with van der Waals surface area (Å²) >= 11 is 11.2. The molecular weight excluding hydrogens is 470 g/mol. The summed E-state index contributed by atoms with van der Waals surface area (Å²) in [4.78, 5) is 9.06. The van der Waals surface area contributed by atoms with Gasteiger partial charge in [0, 0.05) is 32.4 Å². The molecule has 7 heteroatoms. The second-order valence-corrected chi connectivity index (χ2v) is 8.27. The summed E-state index contributed by atoms with van der Waals surface area (Å²) in [5.74, 6) is 0.713. The van der Waals surface area contributed by atoms with Crippen molar-refractivity contribution in [1.82, 2.24) is 9.97 Å². The zero-order valence-electron chi connectivity index (χ0n) is 15.2. The molecule has 2 aromatic heterocycles. The molecule has 0 aliphatic rings. The van der Waals surface area contributed by atoms with Crippen molar-refractivity contribution in [2.45, 2.75) is 0 Å². The van der Waals surface area contributed by atoms with Gasteiger partial charge in [-0.1, -0.05) is 39.7 Å². The molecule has 0 fully saturated rings. The third kappa shape index (κ3) is 4.18. The summed E-state index contributed by atoms with van der Waals surface area (Å²) in [5.41, 5.74) is 3.66. The molecule has 0 atom stereocenters. The van der Waals surface area contributed by atoms with Gasteiger partial charge in [0.25, 0.3) is 0 Å². The highest BCUT2D eigenvalue weighted by molar-refractivity contribution is 9.10. The number of thiazole rings is 1. The van der Waals surface area contributed by atoms with Gasteiger partial charge in [-0.05, 0) is 36.4 Å². The topological polar surface area (TPSA) is 58.8 Å². The van der Waals surface area contributed by atoms with Crippen LogP contribution in [0.1, 0.15) is 10.6 Å². The molecule has 0 N–H and O–H groups in total. The van der Waals surface area contributed by atoms with Gasteiger partial charge in [0.2, 0.25) is 0 Å². The first kappa shape index (κ1) is 19.6. The van der Waals surface area contributed by atoms with Gasteiger partial charge in [0.05, 0.1) is 23.9 Å². The zero-order chi connectivity index (χ0) is 20.4. The minimum absolute atomic E-state index is 0.322. The molecule has 4 rings (SSSR count). The maximum atomic E-state index is 9.69. The van der Waals surface area contributed by atoms with E-state index in [0.717, 1.165) is 26.6 Å². The minimum Gasteiger partial charge on any atom is -0.497 e. The van der Waals surface area contributed by atoms with Crippen LogP contribution in [0.2, 0.25) is 5.15 Å². The number of allylic oxidation sites excluding steroid dienone is 1. The first-order valence-corrected chi connectivity index (χ1v) is 10.6. The monoisotopic (exact) mass is 481 g/mol. The Morgan fingerprint density at radius 1 is 1.17 bits per heavy atom. The molecule has 0 aliphatic carbocycles. The van der Waals surface area contributed by atoms with Crippen molar-refractivity contribution in [3.63, 3.8) is 0 Å². The van der Waals surface area contributed by atoms with Gasteiger partial charge in [-0.3, -0.25) is 0 Å². The number of halogens is 2. The van der Waals surface area contributed by atoms with Crippen LogP contribution in [0.3, 0.4) is 0 Å². The Labute approximate surface area is 185 Å². The van der Waals surface area contributed by atoms with Gasteiger partial charge in [-0.2, -0.15) is 5.26 Å². The van der Waals surface area contributed by atoms with Crippen molar-refractivity contribution < 1.29 is 4.74 Å². The largest absolute Gasteiger partial charge is 0.497 e. The Balaban J connectivity index is 1.72. The van der Waals surface area contributed by atoms with E-state index < -0.39 is 0 Å². The number of rotatable bonds is 4. The molecule has 0 spiro atoms. The van der Waals surface area contributed by atoms with E-state index in [1.165, 1.54) is 11.3 Å². The lowest BCUT2D eigenvalue weighted by Crippen LogP contribution is -1.89. The Morgan fingerprint density at radius 3 is 2.69 bits per heavy atom. The number of ether oxygens (including phenoxy) is 1. The number of hydrogen-bond donors (Lipinski definition) is 0. The van der Waals surface area contributed by atoms with E-state index in [4.69, 9.17) is 16.3 Å². The van der Waals surface area contributed by atoms with E-state index in [1.54, 1.807) is 13.2 Å². The highest BCUT2D eigenvalue weighted by atomic mass is 79.9. The zero-order valence-corrected chi connectivity index (χ0v) is 18.3. The summed E-state index contributed by atoms with van der Waals surface area (Å²) in [5, 5.41) is 13.5. The van der Waals surface area contributed by atoms with E-state index >= 15 is 0 Å². The van der Waals surface area contributed by atoms with Crippen LogP contribution in [0.25, 0.3) is 33.8 Å². The second kappa shape index (κ2) is 8.34. The van der Waals surface area contributed by atoms with Crippen LogP contribution in [-0.4, -0.2) is 17.1 Å². The molecule has 29 heavy (non-hydrogen) atoms. The minimum atomic E-state index is 0.322. The highest BCUT2D eigenvalue weighted by Crippen LogP contribution is 2.30. The standard InChI is InChI=1S/C22H13BrClN3OS/c1-28-18-7-4-14-8-15(21(24)26-19(14)10-18)9-16(11-25)22-27-20(12-29-22)13-2-5-17(23)6-3-13/h2-10,12H,1H3. The fourth-order valence-corrected chi connectivity index (χ4v) is 4.08. The average molecular weight is 483 g/mol. The number of hydrogen-bond acceptors (Lipinski definition) is 5. The first-order valence-electron chi connectivity index (χ1n) is 8.55. The lowest BCUT2D eigenvalue weighted by Gasteiger charge is -2.05. The molecule has 0 aliphatic heterocycles. The quantitative estimate of drug-likeness (QED) is 0.236. The van der Waals surface area contributed by atoms with Crippen molar-refractivity contribution in [3.05, 3.63) is 74.1 Å². The van der Waals surface area contributed by atoms with Gasteiger partial charge in [-0.25, -0.2) is 9.97 Å². The first-order chi connectivity index (χ1) is 14.1. The summed E-state index contributed by atoms with van der Waals surface area (Å²) in [6.07, 6.45) is 1.73. The van der Waals surface area contributed by atoms with Gasteiger partial charge in [0.15, 0.2) is 0 Å². The van der Waals surface area contributed by atoms with E-state index in [0.29, 0.717) is 27.0 Å².